The molecule has 0 aliphatic rings. The lowest BCUT2D eigenvalue weighted by Gasteiger charge is -2.09. The first kappa shape index (κ1) is 27.1. The topological polar surface area (TPSA) is 113 Å². The van der Waals surface area contributed by atoms with Crippen LogP contribution >= 0.6 is 22.9 Å². The number of anilines is 1. The molecule has 8 nitrogen and oxygen atoms in total. The highest BCUT2D eigenvalue weighted by Gasteiger charge is 2.20. The molecular weight excluding hydrogens is 546 g/mol. The maximum absolute atomic E-state index is 13.6. The van der Waals surface area contributed by atoms with E-state index < -0.39 is 5.91 Å². The molecule has 0 atom stereocenters. The van der Waals surface area contributed by atoms with Gasteiger partial charge < -0.3 is 15.0 Å². The van der Waals surface area contributed by atoms with Gasteiger partial charge in [0.15, 0.2) is 0 Å². The van der Waals surface area contributed by atoms with Crippen LogP contribution in [-0.2, 0) is 26.1 Å². The maximum atomic E-state index is 13.6. The Morgan fingerprint density at radius 2 is 1.85 bits per heavy atom. The molecule has 3 aromatic heterocycles. The smallest absolute Gasteiger partial charge is 0.280 e. The van der Waals surface area contributed by atoms with Gasteiger partial charge in [-0.1, -0.05) is 54.1 Å². The summed E-state index contributed by atoms with van der Waals surface area (Å²) in [6.07, 6.45) is 2.15. The van der Waals surface area contributed by atoms with Crippen LogP contribution in [0.1, 0.15) is 31.9 Å². The Labute approximate surface area is 239 Å². The number of halogens is 1. The first-order valence-corrected chi connectivity index (χ1v) is 13.7. The molecule has 0 fully saturated rings. The number of nitrogens with one attached hydrogen (secondary N) is 1. The van der Waals surface area contributed by atoms with Crippen molar-refractivity contribution in [3.63, 3.8) is 0 Å². The number of carbonyl (C=O) groups is 1. The van der Waals surface area contributed by atoms with Crippen LogP contribution in [0.3, 0.4) is 0 Å². The fraction of sp³-hybridized carbons (Fsp3) is 0.133. The highest BCUT2D eigenvalue weighted by atomic mass is 35.5. The van der Waals surface area contributed by atoms with Crippen molar-refractivity contribution in [2.45, 2.75) is 26.1 Å². The molecule has 10 heteroatoms. The van der Waals surface area contributed by atoms with Gasteiger partial charge in [-0.15, -0.1) is 11.3 Å². The molecule has 0 amide bonds. The van der Waals surface area contributed by atoms with Crippen molar-refractivity contribution >= 4 is 34.7 Å². The summed E-state index contributed by atoms with van der Waals surface area (Å²) in [5.41, 5.74) is 2.45. The molecule has 0 saturated carbocycles. The van der Waals surface area contributed by atoms with Gasteiger partial charge in [-0.3, -0.25) is 9.59 Å². The van der Waals surface area contributed by atoms with Crippen molar-refractivity contribution in [3.05, 3.63) is 127 Å². The van der Waals surface area contributed by atoms with Gasteiger partial charge in [0.1, 0.15) is 17.6 Å². The standard InChI is InChI=1S/C30H24ClN5O3S/c31-27-10-9-24(40-27)17-33-28-15-26(34-36(28)29(38)23-8-4-7-21(13-23)19-37)25-14-22(16-32)18-35(30(25)39)12-11-20-5-2-1-3-6-20/h1-10,13-15,18,33,37H,11-12,17,19H2. The second-order valence-electron chi connectivity index (χ2n) is 9.04. The number of rotatable bonds is 9. The van der Waals surface area contributed by atoms with Gasteiger partial charge in [-0.05, 0) is 47.9 Å². The van der Waals surface area contributed by atoms with Crippen LogP contribution in [0.15, 0.2) is 89.9 Å². The molecule has 0 aliphatic heterocycles. The first-order chi connectivity index (χ1) is 19.4. The molecule has 0 aliphatic carbocycles. The lowest BCUT2D eigenvalue weighted by Crippen LogP contribution is -2.23. The van der Waals surface area contributed by atoms with E-state index in [1.165, 1.54) is 32.8 Å². The van der Waals surface area contributed by atoms with Gasteiger partial charge in [-0.25, -0.2) is 0 Å². The molecule has 2 aromatic carbocycles. The van der Waals surface area contributed by atoms with Crippen LogP contribution in [0.5, 0.6) is 0 Å². The normalized spacial score (nSPS) is 10.8. The molecule has 5 aromatic rings. The van der Waals surface area contributed by atoms with Gasteiger partial charge in [0.05, 0.1) is 28.6 Å². The highest BCUT2D eigenvalue weighted by molar-refractivity contribution is 7.16. The van der Waals surface area contributed by atoms with E-state index in [1.807, 2.05) is 36.4 Å². The van der Waals surface area contributed by atoms with Gasteiger partial charge in [0, 0.05) is 29.2 Å². The van der Waals surface area contributed by atoms with Crippen molar-refractivity contribution in [2.24, 2.45) is 0 Å². The quantitative estimate of drug-likeness (QED) is 0.248. The fourth-order valence-electron chi connectivity index (χ4n) is 4.28. The molecule has 0 unspecified atom stereocenters. The summed E-state index contributed by atoms with van der Waals surface area (Å²) in [6, 6.07) is 25.3. The van der Waals surface area contributed by atoms with Gasteiger partial charge in [0.25, 0.3) is 11.5 Å². The molecular formula is C30H24ClN5O3S. The van der Waals surface area contributed by atoms with Gasteiger partial charge in [-0.2, -0.15) is 15.0 Å². The third-order valence-electron chi connectivity index (χ3n) is 6.31. The van der Waals surface area contributed by atoms with E-state index in [0.29, 0.717) is 46.4 Å². The SMILES string of the molecule is N#Cc1cc(-c2cc(NCc3ccc(Cl)s3)n(C(=O)c3cccc(CO)c3)n2)c(=O)n(CCc2ccccc2)c1. The summed E-state index contributed by atoms with van der Waals surface area (Å²) >= 11 is 7.49. The van der Waals surface area contributed by atoms with E-state index in [4.69, 9.17) is 11.6 Å². The molecule has 200 valence electrons. The number of aromatic nitrogens is 3. The van der Waals surface area contributed by atoms with Gasteiger partial charge in [0.2, 0.25) is 0 Å². The fourth-order valence-corrected chi connectivity index (χ4v) is 5.31. The van der Waals surface area contributed by atoms with E-state index in [-0.39, 0.29) is 23.4 Å². The summed E-state index contributed by atoms with van der Waals surface area (Å²) in [5, 5.41) is 27.0. The lowest BCUT2D eigenvalue weighted by molar-refractivity contribution is 0.0947. The predicted octanol–water partition coefficient (Wildman–Crippen LogP) is 5.33. The number of carbonyl (C=O) groups excluding carboxylic acids is 1. The number of pyridine rings is 1. The predicted molar refractivity (Wildman–Crippen MR) is 156 cm³/mol. The van der Waals surface area contributed by atoms with Gasteiger partial charge >= 0.3 is 0 Å². The van der Waals surface area contributed by atoms with E-state index in [0.717, 1.165) is 10.4 Å². The molecule has 5 rings (SSSR count). The zero-order valence-electron chi connectivity index (χ0n) is 21.3. The van der Waals surface area contributed by atoms with E-state index in [2.05, 4.69) is 16.5 Å². The molecule has 2 N–H and O–H groups in total. The molecule has 0 saturated heterocycles. The Balaban J connectivity index is 1.54. The first-order valence-electron chi connectivity index (χ1n) is 12.5. The Morgan fingerprint density at radius 1 is 1.05 bits per heavy atom. The van der Waals surface area contributed by atoms with Crippen LogP contribution in [0.2, 0.25) is 4.34 Å². The summed E-state index contributed by atoms with van der Waals surface area (Å²) in [5.74, 6) is -0.0642. The second-order valence-corrected chi connectivity index (χ2v) is 10.8. The van der Waals surface area contributed by atoms with Crippen LogP contribution < -0.4 is 10.9 Å². The average Bonchev–Trinajstić information content (AvgIpc) is 3.61. The van der Waals surface area contributed by atoms with Crippen molar-refractivity contribution < 1.29 is 9.90 Å². The summed E-state index contributed by atoms with van der Waals surface area (Å²) in [7, 11) is 0. The van der Waals surface area contributed by atoms with Crippen molar-refractivity contribution in [1.82, 2.24) is 14.3 Å². The Hall–Kier alpha value is -4.49. The number of nitriles is 1. The van der Waals surface area contributed by atoms with Crippen molar-refractivity contribution in [2.75, 3.05) is 5.32 Å². The number of hydrogen-bond donors (Lipinski definition) is 2. The van der Waals surface area contributed by atoms with Crippen LogP contribution in [0.4, 0.5) is 5.82 Å². The third-order valence-corrected chi connectivity index (χ3v) is 7.54. The number of aryl methyl sites for hydroxylation is 2. The minimum atomic E-state index is -0.436. The number of aliphatic hydroxyl groups is 1. The minimum Gasteiger partial charge on any atom is -0.392 e. The zero-order chi connectivity index (χ0) is 28.1. The number of aliphatic hydroxyl groups excluding tert-OH is 1. The number of thiophene rings is 1. The molecule has 3 heterocycles. The Kier molecular flexibility index (Phi) is 8.22. The molecule has 40 heavy (non-hydrogen) atoms. The van der Waals surface area contributed by atoms with E-state index >= 15 is 0 Å². The highest BCUT2D eigenvalue weighted by Crippen LogP contribution is 2.25. The molecule has 0 bridgehead atoms. The zero-order valence-corrected chi connectivity index (χ0v) is 22.8. The van der Waals surface area contributed by atoms with Crippen LogP contribution in [0.25, 0.3) is 11.3 Å². The third kappa shape index (κ3) is 6.05. The Bertz CT molecular complexity index is 1770. The number of nitrogens with zero attached hydrogens (tertiary/aromatic N) is 4. The Morgan fingerprint density at radius 3 is 2.58 bits per heavy atom. The van der Waals surface area contributed by atoms with Crippen LogP contribution in [-0.4, -0.2) is 25.4 Å². The van der Waals surface area contributed by atoms with E-state index in [1.54, 1.807) is 36.4 Å². The number of benzene rings is 2. The van der Waals surface area contributed by atoms with Crippen molar-refractivity contribution in [3.8, 4) is 17.3 Å². The maximum Gasteiger partial charge on any atom is 0.280 e. The lowest BCUT2D eigenvalue weighted by atomic mass is 10.1. The molecule has 0 spiro atoms. The van der Waals surface area contributed by atoms with E-state index in [9.17, 15) is 20.0 Å². The summed E-state index contributed by atoms with van der Waals surface area (Å²) < 4.78 is 3.35. The summed E-state index contributed by atoms with van der Waals surface area (Å²) in [6.45, 7) is 0.550. The second kappa shape index (κ2) is 12.1. The minimum absolute atomic E-state index is 0.209. The monoisotopic (exact) mass is 569 g/mol. The molecule has 0 radical (unpaired) electrons. The van der Waals surface area contributed by atoms with Crippen LogP contribution in [0, 0.1) is 11.3 Å². The van der Waals surface area contributed by atoms with Crippen molar-refractivity contribution in [1.29, 1.82) is 5.26 Å². The average molecular weight is 570 g/mol. The summed E-state index contributed by atoms with van der Waals surface area (Å²) in [4.78, 5) is 28.0. The number of hydrogen-bond acceptors (Lipinski definition) is 7. The largest absolute Gasteiger partial charge is 0.392 e.